The van der Waals surface area contributed by atoms with Crippen LogP contribution in [-0.4, -0.2) is 46.3 Å². The summed E-state index contributed by atoms with van der Waals surface area (Å²) in [5.41, 5.74) is 5.34. The number of nitrogens with zero attached hydrogens (tertiary/aromatic N) is 1. The minimum absolute atomic E-state index is 0.0102. The smallest absolute Gasteiger partial charge is 0.407 e. The lowest BCUT2D eigenvalue weighted by Crippen LogP contribution is -2.41. The third kappa shape index (κ3) is 6.50. The summed E-state index contributed by atoms with van der Waals surface area (Å²) in [7, 11) is 0. The van der Waals surface area contributed by atoms with Crippen LogP contribution >= 0.6 is 0 Å². The number of nitrogens with two attached hydrogens (primary N) is 1. The van der Waals surface area contributed by atoms with E-state index in [1.807, 2.05) is 0 Å². The number of amides is 2. The van der Waals surface area contributed by atoms with E-state index in [0.717, 1.165) is 0 Å². The number of benzene rings is 2. The molecule has 2 aromatic carbocycles. The van der Waals surface area contributed by atoms with Gasteiger partial charge in [-0.05, 0) is 48.5 Å². The van der Waals surface area contributed by atoms with Crippen molar-refractivity contribution < 1.29 is 28.9 Å². The third-order valence-electron chi connectivity index (χ3n) is 3.98. The Balaban J connectivity index is 0.000000223. The fraction of sp³-hybridized carbons (Fsp3) is 0.263. The van der Waals surface area contributed by atoms with Crippen molar-refractivity contribution in [1.82, 2.24) is 4.90 Å². The molecule has 1 heterocycles. The van der Waals surface area contributed by atoms with Gasteiger partial charge in [0, 0.05) is 31.5 Å². The van der Waals surface area contributed by atoms with Crippen molar-refractivity contribution in [2.45, 2.75) is 18.9 Å². The molecule has 0 radical (unpaired) electrons. The molecule has 1 aliphatic rings. The van der Waals surface area contributed by atoms with Gasteiger partial charge in [-0.15, -0.1) is 0 Å². The second-order valence-corrected chi connectivity index (χ2v) is 5.95. The van der Waals surface area contributed by atoms with Crippen molar-refractivity contribution in [2.75, 3.05) is 13.1 Å². The fourth-order valence-electron chi connectivity index (χ4n) is 2.50. The Morgan fingerprint density at radius 3 is 2.07 bits per heavy atom. The molecule has 0 unspecified atom stereocenters. The van der Waals surface area contributed by atoms with Crippen molar-refractivity contribution in [3.05, 3.63) is 59.9 Å². The first-order chi connectivity index (χ1) is 12.8. The molecule has 2 amide bonds. The van der Waals surface area contributed by atoms with E-state index in [0.29, 0.717) is 37.2 Å². The van der Waals surface area contributed by atoms with Crippen LogP contribution in [0.4, 0.5) is 9.18 Å². The molecule has 1 aliphatic heterocycles. The van der Waals surface area contributed by atoms with Gasteiger partial charge >= 0.3 is 6.09 Å². The SMILES string of the molecule is NC(=O)c1ccc(O)cc1.O=C(O)N1CCC(Oc2ccc(F)cc2)CC1. The molecule has 2 aromatic rings. The van der Waals surface area contributed by atoms with Crippen molar-refractivity contribution >= 4 is 12.0 Å². The van der Waals surface area contributed by atoms with Crippen LogP contribution in [0.1, 0.15) is 23.2 Å². The largest absolute Gasteiger partial charge is 0.508 e. The molecule has 0 spiro atoms. The van der Waals surface area contributed by atoms with Gasteiger partial charge in [0.15, 0.2) is 0 Å². The Morgan fingerprint density at radius 2 is 1.59 bits per heavy atom. The maximum absolute atomic E-state index is 12.7. The van der Waals surface area contributed by atoms with Crippen LogP contribution in [0.3, 0.4) is 0 Å². The number of hydrogen-bond acceptors (Lipinski definition) is 4. The molecule has 144 valence electrons. The van der Waals surface area contributed by atoms with Crippen LogP contribution in [0.25, 0.3) is 0 Å². The number of phenolic OH excluding ortho intramolecular Hbond substituents is 1. The Labute approximate surface area is 155 Å². The molecule has 8 heteroatoms. The zero-order valence-electron chi connectivity index (χ0n) is 14.5. The first kappa shape index (κ1) is 20.0. The van der Waals surface area contributed by atoms with E-state index >= 15 is 0 Å². The van der Waals surface area contributed by atoms with Crippen molar-refractivity contribution in [3.63, 3.8) is 0 Å². The van der Waals surface area contributed by atoms with Crippen LogP contribution in [-0.2, 0) is 0 Å². The number of primary amides is 1. The molecule has 0 aliphatic carbocycles. The summed E-state index contributed by atoms with van der Waals surface area (Å²) in [6, 6.07) is 11.6. The predicted molar refractivity (Wildman–Crippen MR) is 96.3 cm³/mol. The second kappa shape index (κ2) is 9.42. The zero-order valence-corrected chi connectivity index (χ0v) is 14.5. The molecule has 27 heavy (non-hydrogen) atoms. The predicted octanol–water partition coefficient (Wildman–Crippen LogP) is 2.84. The highest BCUT2D eigenvalue weighted by Gasteiger charge is 2.23. The van der Waals surface area contributed by atoms with Gasteiger partial charge < -0.3 is 25.6 Å². The average molecular weight is 376 g/mol. The maximum Gasteiger partial charge on any atom is 0.407 e. The number of carbonyl (C=O) groups is 2. The Hall–Kier alpha value is -3.29. The zero-order chi connectivity index (χ0) is 19.8. The standard InChI is InChI=1S/C12H14FNO3.C7H7NO2/c13-9-1-3-10(4-2-9)17-11-5-7-14(8-6-11)12(15)16;8-7(10)5-1-3-6(9)4-2-5/h1-4,11H,5-8H2,(H,15,16);1-4,9H,(H2,8,10). The summed E-state index contributed by atoms with van der Waals surface area (Å²) in [5, 5.41) is 17.6. The number of rotatable bonds is 3. The van der Waals surface area contributed by atoms with E-state index in [1.54, 1.807) is 12.1 Å². The van der Waals surface area contributed by atoms with Crippen LogP contribution in [0, 0.1) is 5.82 Å². The molecule has 0 aromatic heterocycles. The summed E-state index contributed by atoms with van der Waals surface area (Å²) >= 11 is 0. The molecule has 0 atom stereocenters. The van der Waals surface area contributed by atoms with Gasteiger partial charge in [-0.3, -0.25) is 4.79 Å². The van der Waals surface area contributed by atoms with Crippen LogP contribution in [0.5, 0.6) is 11.5 Å². The number of carbonyl (C=O) groups excluding carboxylic acids is 1. The van der Waals surface area contributed by atoms with Gasteiger partial charge in [0.25, 0.3) is 0 Å². The fourth-order valence-corrected chi connectivity index (χ4v) is 2.50. The number of halogens is 1. The third-order valence-corrected chi connectivity index (χ3v) is 3.98. The van der Waals surface area contributed by atoms with E-state index in [2.05, 4.69) is 0 Å². The average Bonchev–Trinajstić information content (AvgIpc) is 2.65. The number of aromatic hydroxyl groups is 1. The minimum atomic E-state index is -0.884. The summed E-state index contributed by atoms with van der Waals surface area (Å²) in [6.07, 6.45) is 0.467. The first-order valence-electron chi connectivity index (χ1n) is 8.34. The molecule has 0 saturated carbocycles. The lowest BCUT2D eigenvalue weighted by atomic mass is 10.1. The number of carboxylic acid groups (broad SMARTS) is 1. The van der Waals surface area contributed by atoms with E-state index in [4.69, 9.17) is 20.7 Å². The molecule has 3 rings (SSSR count). The van der Waals surface area contributed by atoms with Crippen LogP contribution in [0.2, 0.25) is 0 Å². The molecule has 1 fully saturated rings. The van der Waals surface area contributed by atoms with Crippen LogP contribution in [0.15, 0.2) is 48.5 Å². The Morgan fingerprint density at radius 1 is 1.04 bits per heavy atom. The first-order valence-corrected chi connectivity index (χ1v) is 8.34. The highest BCUT2D eigenvalue weighted by atomic mass is 19.1. The van der Waals surface area contributed by atoms with E-state index in [1.165, 1.54) is 41.3 Å². The lowest BCUT2D eigenvalue weighted by molar-refractivity contribution is 0.0893. The molecular weight excluding hydrogens is 355 g/mol. The monoisotopic (exact) mass is 376 g/mol. The number of hydrogen-bond donors (Lipinski definition) is 3. The number of ether oxygens (including phenoxy) is 1. The quantitative estimate of drug-likeness (QED) is 0.762. The number of likely N-dealkylation sites (tertiary alicyclic amines) is 1. The van der Waals surface area contributed by atoms with Crippen molar-refractivity contribution in [2.24, 2.45) is 5.73 Å². The van der Waals surface area contributed by atoms with E-state index in [-0.39, 0.29) is 17.7 Å². The molecule has 1 saturated heterocycles. The number of phenols is 1. The van der Waals surface area contributed by atoms with Gasteiger partial charge in [-0.1, -0.05) is 0 Å². The van der Waals surface area contributed by atoms with Crippen molar-refractivity contribution in [3.8, 4) is 11.5 Å². The normalized spacial score (nSPS) is 14.0. The molecule has 4 N–H and O–H groups in total. The molecule has 0 bridgehead atoms. The second-order valence-electron chi connectivity index (χ2n) is 5.95. The van der Waals surface area contributed by atoms with Crippen LogP contribution < -0.4 is 10.5 Å². The minimum Gasteiger partial charge on any atom is -0.508 e. The summed E-state index contributed by atoms with van der Waals surface area (Å²) in [4.78, 5) is 22.5. The van der Waals surface area contributed by atoms with Gasteiger partial charge in [0.05, 0.1) is 0 Å². The van der Waals surface area contributed by atoms with E-state index < -0.39 is 12.0 Å². The topological polar surface area (TPSA) is 113 Å². The summed E-state index contributed by atoms with van der Waals surface area (Å²) in [6.45, 7) is 0.975. The Kier molecular flexibility index (Phi) is 6.99. The molecule has 7 nitrogen and oxygen atoms in total. The summed E-state index contributed by atoms with van der Waals surface area (Å²) < 4.78 is 18.3. The number of piperidine rings is 1. The van der Waals surface area contributed by atoms with Crippen molar-refractivity contribution in [1.29, 1.82) is 0 Å². The molecular formula is C19H21FN2O5. The van der Waals surface area contributed by atoms with Gasteiger partial charge in [-0.25, -0.2) is 9.18 Å². The summed E-state index contributed by atoms with van der Waals surface area (Å²) in [5.74, 6) is -0.0248. The van der Waals surface area contributed by atoms with E-state index in [9.17, 15) is 14.0 Å². The highest BCUT2D eigenvalue weighted by molar-refractivity contribution is 5.92. The van der Waals surface area contributed by atoms with Gasteiger partial charge in [-0.2, -0.15) is 0 Å². The van der Waals surface area contributed by atoms with Gasteiger partial charge in [0.1, 0.15) is 23.4 Å². The maximum atomic E-state index is 12.7. The highest BCUT2D eigenvalue weighted by Crippen LogP contribution is 2.19. The Bertz CT molecular complexity index is 757. The lowest BCUT2D eigenvalue weighted by Gasteiger charge is -2.30. The van der Waals surface area contributed by atoms with Gasteiger partial charge in [0.2, 0.25) is 5.91 Å².